The molecule has 0 saturated carbocycles. The van der Waals surface area contributed by atoms with Crippen LogP contribution in [0.2, 0.25) is 5.02 Å². The minimum atomic E-state index is -4.74. The van der Waals surface area contributed by atoms with Gasteiger partial charge in [0.2, 0.25) is 5.78 Å². The number of nitrogens with one attached hydrogen (secondary N) is 2. The van der Waals surface area contributed by atoms with Gasteiger partial charge in [-0.25, -0.2) is 18.4 Å². The maximum atomic E-state index is 13.3. The summed E-state index contributed by atoms with van der Waals surface area (Å²) in [7, 11) is -4.53. The summed E-state index contributed by atoms with van der Waals surface area (Å²) in [5.41, 5.74) is -1.36. The van der Waals surface area contributed by atoms with Crippen molar-refractivity contribution >= 4 is 44.1 Å². The third-order valence-electron chi connectivity index (χ3n) is 4.74. The van der Waals surface area contributed by atoms with Crippen LogP contribution in [0, 0.1) is 6.92 Å². The average molecular weight is 496 g/mol. The predicted octanol–water partition coefficient (Wildman–Crippen LogP) is 4.37. The fraction of sp³-hybridized carbons (Fsp3) is 0.100. The van der Waals surface area contributed by atoms with Crippen LogP contribution in [0.4, 0.5) is 18.9 Å². The van der Waals surface area contributed by atoms with E-state index in [1.165, 1.54) is 25.4 Å². The van der Waals surface area contributed by atoms with Crippen LogP contribution in [0.5, 0.6) is 0 Å². The van der Waals surface area contributed by atoms with Crippen molar-refractivity contribution in [2.45, 2.75) is 18.0 Å². The van der Waals surface area contributed by atoms with Gasteiger partial charge in [-0.2, -0.15) is 18.3 Å². The average Bonchev–Trinajstić information content (AvgIpc) is 3.21. The highest BCUT2D eigenvalue weighted by Gasteiger charge is 2.34. The van der Waals surface area contributed by atoms with E-state index in [2.05, 4.69) is 24.9 Å². The summed E-state index contributed by atoms with van der Waals surface area (Å²) in [6.07, 6.45) is -0.863. The van der Waals surface area contributed by atoms with Crippen LogP contribution < -0.4 is 4.72 Å². The quantitative estimate of drug-likeness (QED) is 0.397. The molecule has 3 heterocycles. The van der Waals surface area contributed by atoms with E-state index in [0.717, 1.165) is 24.4 Å². The molecule has 0 radical (unpaired) electrons. The number of fused-ring (bicyclic) bond motifs is 1. The third-order valence-corrected chi connectivity index (χ3v) is 6.31. The molecule has 0 aliphatic rings. The van der Waals surface area contributed by atoms with Gasteiger partial charge in [-0.3, -0.25) is 14.6 Å². The van der Waals surface area contributed by atoms with Crippen LogP contribution in [-0.2, 0) is 16.2 Å². The number of aromatic amines is 1. The number of H-pyrrole nitrogens is 1. The number of pyridine rings is 2. The molecule has 0 aliphatic carbocycles. The second kappa shape index (κ2) is 8.12. The van der Waals surface area contributed by atoms with E-state index in [4.69, 9.17) is 11.6 Å². The Bertz CT molecular complexity index is 1500. The Balaban J connectivity index is 1.78. The SMILES string of the molecule is Cc1ccc(S(=O)(=O)Nc2cc(Cl)cnc2C(=O)c2ccnc3[nH]ncc23)cc1C(F)(F)F. The Morgan fingerprint density at radius 3 is 2.61 bits per heavy atom. The molecule has 13 heteroatoms. The first-order valence-electron chi connectivity index (χ1n) is 9.16. The molecule has 8 nitrogen and oxygen atoms in total. The molecule has 170 valence electrons. The highest BCUT2D eigenvalue weighted by Crippen LogP contribution is 2.34. The zero-order valence-electron chi connectivity index (χ0n) is 16.6. The van der Waals surface area contributed by atoms with E-state index in [9.17, 15) is 26.4 Å². The number of benzene rings is 1. The number of sulfonamides is 1. The molecular weight excluding hydrogens is 483 g/mol. The van der Waals surface area contributed by atoms with Crippen molar-refractivity contribution in [2.24, 2.45) is 0 Å². The minimum Gasteiger partial charge on any atom is -0.287 e. The summed E-state index contributed by atoms with van der Waals surface area (Å²) in [4.78, 5) is 20.5. The molecular formula is C20H13ClF3N5O3S. The fourth-order valence-electron chi connectivity index (χ4n) is 3.15. The predicted molar refractivity (Wildman–Crippen MR) is 114 cm³/mol. The Morgan fingerprint density at radius 2 is 1.88 bits per heavy atom. The number of aryl methyl sites for hydroxylation is 1. The summed E-state index contributed by atoms with van der Waals surface area (Å²) in [6.45, 7) is 1.22. The topological polar surface area (TPSA) is 118 Å². The summed E-state index contributed by atoms with van der Waals surface area (Å²) in [5.74, 6) is -0.668. The smallest absolute Gasteiger partial charge is 0.287 e. The van der Waals surface area contributed by atoms with Crippen LogP contribution in [0.25, 0.3) is 11.0 Å². The van der Waals surface area contributed by atoms with Crippen molar-refractivity contribution in [2.75, 3.05) is 4.72 Å². The molecule has 2 N–H and O–H groups in total. The van der Waals surface area contributed by atoms with Gasteiger partial charge in [-0.05, 0) is 36.8 Å². The molecule has 0 aliphatic heterocycles. The Kier molecular flexibility index (Phi) is 5.58. The van der Waals surface area contributed by atoms with Crippen LogP contribution in [-0.4, -0.2) is 34.4 Å². The molecule has 0 saturated heterocycles. The first-order valence-corrected chi connectivity index (χ1v) is 11.0. The molecule has 0 amide bonds. The molecule has 0 bridgehead atoms. The monoisotopic (exact) mass is 495 g/mol. The van der Waals surface area contributed by atoms with Gasteiger partial charge in [-0.15, -0.1) is 0 Å². The van der Waals surface area contributed by atoms with Gasteiger partial charge in [0.25, 0.3) is 10.0 Å². The first kappa shape index (κ1) is 22.7. The number of carbonyl (C=O) groups excluding carboxylic acids is 1. The van der Waals surface area contributed by atoms with Gasteiger partial charge in [0.1, 0.15) is 5.69 Å². The molecule has 3 aromatic heterocycles. The third kappa shape index (κ3) is 4.39. The number of anilines is 1. The van der Waals surface area contributed by atoms with E-state index < -0.39 is 32.4 Å². The van der Waals surface area contributed by atoms with E-state index in [-0.39, 0.29) is 27.5 Å². The van der Waals surface area contributed by atoms with Gasteiger partial charge in [0, 0.05) is 23.3 Å². The molecule has 0 atom stereocenters. The van der Waals surface area contributed by atoms with Gasteiger partial charge < -0.3 is 0 Å². The van der Waals surface area contributed by atoms with E-state index >= 15 is 0 Å². The van der Waals surface area contributed by atoms with Crippen molar-refractivity contribution < 1.29 is 26.4 Å². The number of ketones is 1. The summed E-state index contributed by atoms with van der Waals surface area (Å²) < 4.78 is 67.7. The first-order chi connectivity index (χ1) is 15.5. The number of hydrogen-bond donors (Lipinski definition) is 2. The number of hydrogen-bond acceptors (Lipinski definition) is 6. The van der Waals surface area contributed by atoms with Crippen LogP contribution >= 0.6 is 11.6 Å². The second-order valence-corrected chi connectivity index (χ2v) is 9.07. The fourth-order valence-corrected chi connectivity index (χ4v) is 4.39. The number of carbonyl (C=O) groups is 1. The maximum Gasteiger partial charge on any atom is 0.416 e. The Labute approximate surface area is 189 Å². The molecule has 4 rings (SSSR count). The molecule has 1 aromatic carbocycles. The van der Waals surface area contributed by atoms with Crippen molar-refractivity contribution in [1.29, 1.82) is 0 Å². The lowest BCUT2D eigenvalue weighted by Gasteiger charge is -2.15. The van der Waals surface area contributed by atoms with Crippen molar-refractivity contribution in [3.8, 4) is 0 Å². The summed E-state index contributed by atoms with van der Waals surface area (Å²) in [6, 6.07) is 5.15. The highest BCUT2D eigenvalue weighted by molar-refractivity contribution is 7.92. The van der Waals surface area contributed by atoms with Gasteiger partial charge in [0.05, 0.1) is 27.4 Å². The lowest BCUT2D eigenvalue weighted by atomic mass is 10.1. The maximum absolute atomic E-state index is 13.3. The molecule has 0 fully saturated rings. The highest BCUT2D eigenvalue weighted by atomic mass is 35.5. The van der Waals surface area contributed by atoms with Crippen LogP contribution in [0.15, 0.2) is 53.8 Å². The normalized spacial score (nSPS) is 12.2. The van der Waals surface area contributed by atoms with E-state index in [0.29, 0.717) is 17.1 Å². The zero-order valence-corrected chi connectivity index (χ0v) is 18.2. The van der Waals surface area contributed by atoms with Gasteiger partial charge >= 0.3 is 6.18 Å². The van der Waals surface area contributed by atoms with Gasteiger partial charge in [-0.1, -0.05) is 17.7 Å². The minimum absolute atomic E-state index is 0.00678. The van der Waals surface area contributed by atoms with Crippen molar-refractivity contribution in [1.82, 2.24) is 20.2 Å². The standard InChI is InChI=1S/C20H13ClF3N5O3S/c1-10-2-3-12(7-15(10)20(22,23)24)33(31,32)29-16-6-11(21)8-26-17(16)18(30)13-4-5-25-19-14(13)9-27-28-19/h2-9,29H,1H3,(H,25,27,28). The molecule has 0 spiro atoms. The van der Waals surface area contributed by atoms with Gasteiger partial charge in [0.15, 0.2) is 5.65 Å². The zero-order chi connectivity index (χ0) is 24.0. The lowest BCUT2D eigenvalue weighted by Crippen LogP contribution is -2.18. The molecule has 0 unspecified atom stereocenters. The Hall–Kier alpha value is -3.51. The van der Waals surface area contributed by atoms with Crippen molar-refractivity contribution in [3.63, 3.8) is 0 Å². The summed E-state index contributed by atoms with van der Waals surface area (Å²) in [5, 5.41) is 6.82. The largest absolute Gasteiger partial charge is 0.416 e. The van der Waals surface area contributed by atoms with E-state index in [1.54, 1.807) is 0 Å². The number of nitrogens with zero attached hydrogens (tertiary/aromatic N) is 3. The number of halogens is 4. The Morgan fingerprint density at radius 1 is 1.12 bits per heavy atom. The van der Waals surface area contributed by atoms with Crippen LogP contribution in [0.3, 0.4) is 0 Å². The van der Waals surface area contributed by atoms with Crippen molar-refractivity contribution in [3.05, 3.63) is 76.3 Å². The van der Waals surface area contributed by atoms with Crippen LogP contribution in [0.1, 0.15) is 27.2 Å². The number of aromatic nitrogens is 4. The number of rotatable bonds is 5. The second-order valence-electron chi connectivity index (χ2n) is 6.95. The summed E-state index contributed by atoms with van der Waals surface area (Å²) >= 11 is 5.94. The molecule has 4 aromatic rings. The molecule has 33 heavy (non-hydrogen) atoms. The number of alkyl halides is 3. The van der Waals surface area contributed by atoms with E-state index in [1.807, 2.05) is 0 Å². The lowest BCUT2D eigenvalue weighted by molar-refractivity contribution is -0.138.